The van der Waals surface area contributed by atoms with Crippen molar-refractivity contribution in [3.05, 3.63) is 63.0 Å². The van der Waals surface area contributed by atoms with Crippen molar-refractivity contribution < 1.29 is 73.1 Å². The summed E-state index contributed by atoms with van der Waals surface area (Å²) in [6.07, 6.45) is -0.497. The number of nitrogen functional groups attached to an aromatic ring is 1. The lowest BCUT2D eigenvalue weighted by Gasteiger charge is -2.53. The number of allylic oxidation sites excluding steroid dienone is 4. The molecule has 24 heteroatoms. The summed E-state index contributed by atoms with van der Waals surface area (Å²) in [7, 11) is 10.9. The molecule has 23 atom stereocenters. The van der Waals surface area contributed by atoms with E-state index in [9.17, 15) is 44.7 Å². The zero-order chi connectivity index (χ0) is 70.2. The zero-order valence-corrected chi connectivity index (χ0v) is 59.1. The fourth-order valence-corrected chi connectivity index (χ4v) is 16.7. The molecule has 0 unspecified atom stereocenters. The Morgan fingerprint density at radius 1 is 0.832 bits per heavy atom. The Hall–Kier alpha value is -5.53. The van der Waals surface area contributed by atoms with Crippen LogP contribution in [0.25, 0.3) is 11.2 Å². The molecular formula is C71H108N8O16. The van der Waals surface area contributed by atoms with Gasteiger partial charge in [0.25, 0.3) is 5.56 Å². The SMILES string of the molecule is CC#C[C@]1(O)CC[C@H]2[C@@H]3CCC4=CC(=O)CCC4=C3[C@@H](c3ccc(N(C)C)cc3)C[C@@]21C.CC[C@H]1OC(=O)[C@H](C)[C@@H](O[C@H]2C[C@@](C)(OC)[C@@H](O)[C@H](C)O2)[C@H](C)[C@@H](O[C@@H]2O[C@H](C)C[C@H](N(C)C)[C@H]2O)[C@](C)(OC)C[C@@H](C)C(=O)[C@H](C)[C@@H](O)[C@]1(C)O.Nc1nc2[nH]nnc2c(=O)[nH]1. The Balaban J connectivity index is 0.000000223. The van der Waals surface area contributed by atoms with E-state index in [4.69, 9.17) is 38.9 Å². The van der Waals surface area contributed by atoms with Gasteiger partial charge in [-0.1, -0.05) is 63.5 Å². The molecule has 95 heavy (non-hydrogen) atoms. The van der Waals surface area contributed by atoms with Gasteiger partial charge in [0.05, 0.1) is 47.6 Å². The lowest BCUT2D eigenvalue weighted by Crippen LogP contribution is -2.61. The number of aromatic amines is 2. The lowest BCUT2D eigenvalue weighted by atomic mass is 9.51. The number of ether oxygens (including phenoxy) is 7. The van der Waals surface area contributed by atoms with Gasteiger partial charge in [-0.15, -0.1) is 11.0 Å². The number of aromatic nitrogens is 5. The highest BCUT2D eigenvalue weighted by molar-refractivity contribution is 5.93. The molecule has 0 radical (unpaired) electrons. The molecule has 7 aliphatic rings. The second kappa shape index (κ2) is 29.9. The first-order valence-corrected chi connectivity index (χ1v) is 33.9. The topological polar surface area (TPSA) is 337 Å². The van der Waals surface area contributed by atoms with Crippen molar-refractivity contribution in [2.24, 2.45) is 40.9 Å². The highest BCUT2D eigenvalue weighted by Gasteiger charge is 2.63. The third kappa shape index (κ3) is 15.2. The number of cyclic esters (lactones) is 1. The minimum absolute atomic E-state index is 0.0496. The van der Waals surface area contributed by atoms with Crippen molar-refractivity contribution in [1.82, 2.24) is 30.3 Å². The van der Waals surface area contributed by atoms with E-state index in [0.29, 0.717) is 30.3 Å². The number of Topliss-reactive ketones (excluding diaryl/α,β-unsaturated/α-hetero) is 1. The number of methoxy groups -OCH3 is 2. The average Bonchev–Trinajstić information content (AvgIpc) is 1.63. The molecule has 4 aliphatic carbocycles. The summed E-state index contributed by atoms with van der Waals surface area (Å²) in [5.74, 6) is 3.34. The highest BCUT2D eigenvalue weighted by Crippen LogP contribution is 2.67. The number of H-pyrrole nitrogens is 2. The molecule has 24 nitrogen and oxygen atoms in total. The number of aliphatic hydroxyl groups is 5. The molecule has 10 rings (SSSR count). The molecule has 0 bridgehead atoms. The molecule has 5 heterocycles. The van der Waals surface area contributed by atoms with Crippen LogP contribution in [0.15, 0.2) is 51.9 Å². The normalized spacial score (nSPS) is 40.1. The number of hydrogen-bond acceptors (Lipinski definition) is 22. The first-order valence-electron chi connectivity index (χ1n) is 33.9. The number of carbonyl (C=O) groups is 3. The smallest absolute Gasteiger partial charge is 0.311 e. The van der Waals surface area contributed by atoms with E-state index in [1.165, 1.54) is 43.5 Å². The predicted molar refractivity (Wildman–Crippen MR) is 357 cm³/mol. The summed E-state index contributed by atoms with van der Waals surface area (Å²) in [5, 5.41) is 66.6. The van der Waals surface area contributed by atoms with E-state index in [2.05, 4.69) is 87.4 Å². The van der Waals surface area contributed by atoms with Crippen molar-refractivity contribution in [1.29, 1.82) is 0 Å². The van der Waals surface area contributed by atoms with Gasteiger partial charge < -0.3 is 74.2 Å². The van der Waals surface area contributed by atoms with Gasteiger partial charge in [-0.25, -0.2) is 5.10 Å². The number of aliphatic hydroxyl groups excluding tert-OH is 3. The predicted octanol–water partition coefficient (Wildman–Crippen LogP) is 6.47. The van der Waals surface area contributed by atoms with Crippen LogP contribution in [0.2, 0.25) is 0 Å². The molecule has 2 aromatic heterocycles. The van der Waals surface area contributed by atoms with E-state index in [1.54, 1.807) is 54.0 Å². The number of likely N-dealkylation sites (N-methyl/N-ethyl adjacent to an activating group) is 1. The molecule has 3 aromatic rings. The Kier molecular flexibility index (Phi) is 23.7. The fraction of sp³-hybridized carbons (Fsp3) is 0.732. The minimum atomic E-state index is -1.96. The number of rotatable bonds is 10. The van der Waals surface area contributed by atoms with Gasteiger partial charge in [0.15, 0.2) is 29.5 Å². The number of nitrogens with two attached hydrogens (primary N) is 1. The second-order valence-corrected chi connectivity index (χ2v) is 29.3. The van der Waals surface area contributed by atoms with Crippen LogP contribution in [0, 0.1) is 52.8 Å². The molecule has 0 spiro atoms. The summed E-state index contributed by atoms with van der Waals surface area (Å²) in [6, 6.07) is 8.69. The summed E-state index contributed by atoms with van der Waals surface area (Å²) in [6.45, 7) is 21.2. The van der Waals surface area contributed by atoms with Crippen LogP contribution in [0.1, 0.15) is 165 Å². The van der Waals surface area contributed by atoms with Gasteiger partial charge in [0.1, 0.15) is 35.3 Å². The van der Waals surface area contributed by atoms with E-state index in [-0.39, 0.29) is 71.3 Å². The standard InChI is InChI=1S/C38H69NO13.C29H35NO2.C4H4N6O/c1-15-26-38(10,45)31(42)21(4)28(40)19(2)17-37(9,47-14)33(52-35-29(41)25(39(11)12)16-20(3)48-35)22(5)30(23(6)34(44)50-26)51-27-18-36(8,46-13)32(43)24(7)49-27;1-5-15-29(32)16-14-26-24-12-8-20-17-22(31)11-13-23(20)27(24)25(18-28(26,29)2)19-6-9-21(10-7-19)30(3)4;5-4-6-2-1(3(11)7-4)8-10-9-2/h19-27,29-33,35,41-43,45H,15-18H2,1-14H3;6-7,9-10,17,24-26,32H,8,11-14,16,18H2,1-4H3;(H4,5,6,7,8,9,10,11)/t19-,20-,21+,22+,23-,24+,25+,26-,27+,29-,30+,31-,32+,33-,35+,36-,37-,38-;24-,25+,26-,28-,29-;/m10./s1. The average molecular weight is 1330 g/mol. The van der Waals surface area contributed by atoms with Crippen LogP contribution in [-0.4, -0.2) is 206 Å². The Morgan fingerprint density at radius 3 is 2.13 bits per heavy atom. The summed E-state index contributed by atoms with van der Waals surface area (Å²) in [5.41, 5.74) is 6.79. The third-order valence-electron chi connectivity index (χ3n) is 22.5. The molecule has 3 saturated heterocycles. The van der Waals surface area contributed by atoms with Crippen LogP contribution in [0.4, 0.5) is 11.6 Å². The maximum atomic E-state index is 14.2. The third-order valence-corrected chi connectivity index (χ3v) is 22.5. The number of esters is 1. The van der Waals surface area contributed by atoms with Gasteiger partial charge in [0.2, 0.25) is 5.95 Å². The Morgan fingerprint density at radius 2 is 1.51 bits per heavy atom. The van der Waals surface area contributed by atoms with Crippen LogP contribution < -0.4 is 16.2 Å². The summed E-state index contributed by atoms with van der Waals surface area (Å²) in [4.78, 5) is 61.4. The zero-order valence-electron chi connectivity index (χ0n) is 59.1. The van der Waals surface area contributed by atoms with Crippen molar-refractivity contribution in [2.45, 2.75) is 249 Å². The monoisotopic (exact) mass is 1330 g/mol. The number of fused-ring (bicyclic) bond motifs is 5. The number of nitrogens with one attached hydrogen (secondary N) is 2. The van der Waals surface area contributed by atoms with Crippen LogP contribution in [-0.2, 0) is 47.5 Å². The molecule has 1 aromatic carbocycles. The van der Waals surface area contributed by atoms with Crippen molar-refractivity contribution in [3.63, 3.8) is 0 Å². The van der Waals surface area contributed by atoms with Gasteiger partial charge >= 0.3 is 5.97 Å². The van der Waals surface area contributed by atoms with Crippen molar-refractivity contribution in [2.75, 3.05) is 53.0 Å². The number of anilines is 2. The fourth-order valence-electron chi connectivity index (χ4n) is 16.7. The Labute approximate surface area is 559 Å². The second-order valence-electron chi connectivity index (χ2n) is 29.3. The molecule has 5 fully saturated rings. The maximum absolute atomic E-state index is 14.2. The summed E-state index contributed by atoms with van der Waals surface area (Å²) >= 11 is 0. The molecule has 9 N–H and O–H groups in total. The van der Waals surface area contributed by atoms with Crippen LogP contribution >= 0.6 is 0 Å². The van der Waals surface area contributed by atoms with Crippen molar-refractivity contribution in [3.8, 4) is 11.8 Å². The van der Waals surface area contributed by atoms with Gasteiger partial charge in [0, 0.05) is 82.0 Å². The lowest BCUT2D eigenvalue weighted by molar-refractivity contribution is -0.319. The molecule has 3 aliphatic heterocycles. The van der Waals surface area contributed by atoms with Gasteiger partial charge in [-0.05, 0) is 167 Å². The van der Waals surface area contributed by atoms with Crippen LogP contribution in [0.5, 0.6) is 0 Å². The molecule has 528 valence electrons. The molecule has 2 saturated carbocycles. The van der Waals surface area contributed by atoms with Gasteiger partial charge in [-0.2, -0.15) is 4.98 Å². The quantitative estimate of drug-likeness (QED) is 0.0796. The Bertz CT molecular complexity index is 3380. The van der Waals surface area contributed by atoms with Gasteiger partial charge in [-0.3, -0.25) is 24.2 Å². The minimum Gasteiger partial charge on any atom is -0.459 e. The first kappa shape index (κ1) is 75.2. The van der Waals surface area contributed by atoms with E-state index in [1.807, 2.05) is 45.8 Å². The number of ketones is 2. The summed E-state index contributed by atoms with van der Waals surface area (Å²) < 4.78 is 43.9. The van der Waals surface area contributed by atoms with E-state index >= 15 is 0 Å². The number of hydrogen-bond donors (Lipinski definition) is 8. The molecular weight excluding hydrogens is 1220 g/mol. The first-order chi connectivity index (χ1) is 44.5. The number of nitrogens with zero attached hydrogens (tertiary/aromatic N) is 5. The van der Waals surface area contributed by atoms with Crippen LogP contribution in [0.3, 0.4) is 0 Å². The number of carbonyl (C=O) groups excluding carboxylic acids is 3. The number of benzene rings is 1. The van der Waals surface area contributed by atoms with E-state index in [0.717, 1.165) is 38.5 Å². The highest BCUT2D eigenvalue weighted by atomic mass is 16.7. The largest absolute Gasteiger partial charge is 0.459 e. The maximum Gasteiger partial charge on any atom is 0.311 e. The van der Waals surface area contributed by atoms with E-state index < -0.39 is 107 Å². The van der Waals surface area contributed by atoms with Crippen molar-refractivity contribution >= 4 is 40.3 Å². The molecule has 0 amide bonds.